The van der Waals surface area contributed by atoms with E-state index in [4.69, 9.17) is 20.4 Å². The first-order chi connectivity index (χ1) is 19.8. The molecule has 0 saturated heterocycles. The summed E-state index contributed by atoms with van der Waals surface area (Å²) < 4.78 is 0. The first-order valence-electron chi connectivity index (χ1n) is 18.0. The Balaban J connectivity index is -0.000000444. The molecule has 246 valence electrons. The molecule has 4 N–H and O–H groups in total. The number of aliphatic hydroxyl groups excluding tert-OH is 3. The highest BCUT2D eigenvalue weighted by Crippen LogP contribution is 2.17. The minimum absolute atomic E-state index is 0.486. The lowest BCUT2D eigenvalue weighted by atomic mass is 10.0. The summed E-state index contributed by atoms with van der Waals surface area (Å²) in [6.45, 7) is 1.90. The van der Waals surface area contributed by atoms with Gasteiger partial charge < -0.3 is 20.4 Å². The number of hydrogen-bond donors (Lipinski definition) is 4. The van der Waals surface area contributed by atoms with Crippen LogP contribution in [-0.4, -0.2) is 40.9 Å². The minimum atomic E-state index is -1.10. The Hall–Kier alpha value is -0.160. The highest BCUT2D eigenvalue weighted by molar-refractivity contribution is 4.53. The second-order valence-electron chi connectivity index (χ2n) is 11.9. The lowest BCUT2D eigenvalue weighted by Crippen LogP contribution is -2.01. The van der Waals surface area contributed by atoms with Gasteiger partial charge in [-0.25, -0.2) is 0 Å². The van der Waals surface area contributed by atoms with Gasteiger partial charge in [0.05, 0.1) is 0 Å². The van der Waals surface area contributed by atoms with E-state index in [1.54, 1.807) is 0 Å². The highest BCUT2D eigenvalue weighted by Gasteiger charge is 1.98. The molecule has 3 aliphatic rings. The molecular weight excluding hydrogens is 496 g/mol. The molecule has 0 spiro atoms. The Morgan fingerprint density at radius 2 is 0.400 bits per heavy atom. The van der Waals surface area contributed by atoms with Crippen molar-refractivity contribution in [3.8, 4) is 0 Å². The summed E-state index contributed by atoms with van der Waals surface area (Å²) in [5, 5.41) is 30.2. The van der Waals surface area contributed by atoms with Crippen LogP contribution in [0.5, 0.6) is 0 Å². The Labute approximate surface area is 253 Å². The molecule has 0 aromatic carbocycles. The van der Waals surface area contributed by atoms with E-state index in [1.807, 2.05) is 6.92 Å². The molecule has 3 saturated carbocycles. The third kappa shape index (κ3) is 47.6. The van der Waals surface area contributed by atoms with Crippen LogP contribution < -0.4 is 0 Å². The standard InChI is InChI=1S/3C10H20.C4H10O2.2CH4O/c3*1-2-4-6-8-10-9-7-5-3-1;1-2-3-4(5)6;2*1-2/h3*1-10H2;4-6H,2-3H2,1H3;2*2H,1H3. The molecule has 3 rings (SSSR count). The van der Waals surface area contributed by atoms with Gasteiger partial charge in [0, 0.05) is 14.2 Å². The molecule has 40 heavy (non-hydrogen) atoms. The maximum atomic E-state index is 8.11. The van der Waals surface area contributed by atoms with Crippen molar-refractivity contribution < 1.29 is 20.4 Å². The van der Waals surface area contributed by atoms with E-state index in [0.717, 1.165) is 20.6 Å². The molecule has 0 aromatic rings. The highest BCUT2D eigenvalue weighted by atomic mass is 16.5. The second-order valence-corrected chi connectivity index (χ2v) is 11.9. The molecule has 3 aliphatic carbocycles. The molecule has 4 heteroatoms. The van der Waals surface area contributed by atoms with Gasteiger partial charge in [-0.15, -0.1) is 0 Å². The van der Waals surface area contributed by atoms with Crippen LogP contribution in [0.3, 0.4) is 0 Å². The predicted molar refractivity (Wildman–Crippen MR) is 178 cm³/mol. The van der Waals surface area contributed by atoms with E-state index in [0.29, 0.717) is 6.42 Å². The van der Waals surface area contributed by atoms with Crippen molar-refractivity contribution in [2.45, 2.75) is 219 Å². The number of hydrogen-bond acceptors (Lipinski definition) is 4. The molecule has 0 atom stereocenters. The third-order valence-electron chi connectivity index (χ3n) is 8.05. The smallest absolute Gasteiger partial charge is 0.151 e. The molecule has 0 aromatic heterocycles. The van der Waals surface area contributed by atoms with Crippen molar-refractivity contribution in [1.82, 2.24) is 0 Å². The van der Waals surface area contributed by atoms with Crippen LogP contribution >= 0.6 is 0 Å². The monoisotopic (exact) mass is 575 g/mol. The molecule has 0 aliphatic heterocycles. The first-order valence-corrected chi connectivity index (χ1v) is 18.0. The molecule has 0 heterocycles. The molecule has 0 radical (unpaired) electrons. The van der Waals surface area contributed by atoms with Gasteiger partial charge in [0.1, 0.15) is 0 Å². The second kappa shape index (κ2) is 45.8. The molecular formula is C36H78O4. The number of aliphatic hydroxyl groups is 4. The summed E-state index contributed by atoms with van der Waals surface area (Å²) in [7, 11) is 2.00. The Morgan fingerprint density at radius 1 is 0.300 bits per heavy atom. The zero-order valence-electron chi connectivity index (χ0n) is 28.0. The summed E-state index contributed by atoms with van der Waals surface area (Å²) in [5.74, 6) is 0. The van der Waals surface area contributed by atoms with Crippen LogP contribution in [0.15, 0.2) is 0 Å². The van der Waals surface area contributed by atoms with Gasteiger partial charge >= 0.3 is 0 Å². The fourth-order valence-electron chi connectivity index (χ4n) is 5.56. The lowest BCUT2D eigenvalue weighted by Gasteiger charge is -2.05. The normalized spacial score (nSPS) is 19.8. The largest absolute Gasteiger partial charge is 0.400 e. The minimum Gasteiger partial charge on any atom is -0.400 e. The first kappa shape index (κ1) is 44.3. The van der Waals surface area contributed by atoms with Crippen molar-refractivity contribution in [2.75, 3.05) is 14.2 Å². The lowest BCUT2D eigenvalue weighted by molar-refractivity contribution is -0.0453. The quantitative estimate of drug-likeness (QED) is 0.247. The van der Waals surface area contributed by atoms with E-state index in [1.165, 1.54) is 193 Å². The van der Waals surface area contributed by atoms with Gasteiger partial charge in [-0.2, -0.15) is 0 Å². The van der Waals surface area contributed by atoms with Gasteiger partial charge in [0.2, 0.25) is 0 Å². The van der Waals surface area contributed by atoms with Gasteiger partial charge in [0.15, 0.2) is 6.29 Å². The number of rotatable bonds is 2. The fraction of sp³-hybridized carbons (Fsp3) is 1.00. The summed E-state index contributed by atoms with van der Waals surface area (Å²) in [5.41, 5.74) is 0. The van der Waals surface area contributed by atoms with E-state index in [9.17, 15) is 0 Å². The average Bonchev–Trinajstić information content (AvgIpc) is 3.01. The Morgan fingerprint density at radius 3 is 0.425 bits per heavy atom. The fourth-order valence-corrected chi connectivity index (χ4v) is 5.56. The van der Waals surface area contributed by atoms with Crippen molar-refractivity contribution in [1.29, 1.82) is 0 Å². The summed E-state index contributed by atoms with van der Waals surface area (Å²) in [6.07, 6.45) is 45.2. The van der Waals surface area contributed by atoms with Crippen LogP contribution in [0, 0.1) is 0 Å². The van der Waals surface area contributed by atoms with Gasteiger partial charge in [-0.05, 0) is 6.42 Å². The van der Waals surface area contributed by atoms with Crippen molar-refractivity contribution in [3.05, 3.63) is 0 Å². The predicted octanol–water partition coefficient (Wildman–Crippen LogP) is 11.0. The molecule has 3 fully saturated rings. The Kier molecular flexibility index (Phi) is 50.7. The summed E-state index contributed by atoms with van der Waals surface area (Å²) >= 11 is 0. The topological polar surface area (TPSA) is 80.9 Å². The van der Waals surface area contributed by atoms with Gasteiger partial charge in [-0.3, -0.25) is 0 Å². The Bertz CT molecular complexity index is 229. The maximum Gasteiger partial charge on any atom is 0.151 e. The average molecular weight is 575 g/mol. The van der Waals surface area contributed by atoms with E-state index < -0.39 is 6.29 Å². The van der Waals surface area contributed by atoms with Crippen LogP contribution in [-0.2, 0) is 0 Å². The third-order valence-corrected chi connectivity index (χ3v) is 8.05. The van der Waals surface area contributed by atoms with Gasteiger partial charge in [-0.1, -0.05) is 206 Å². The summed E-state index contributed by atoms with van der Waals surface area (Å²) in [4.78, 5) is 0. The van der Waals surface area contributed by atoms with Crippen LogP contribution in [0.4, 0.5) is 0 Å². The van der Waals surface area contributed by atoms with Crippen LogP contribution in [0.25, 0.3) is 0 Å². The van der Waals surface area contributed by atoms with E-state index >= 15 is 0 Å². The van der Waals surface area contributed by atoms with Crippen LogP contribution in [0.2, 0.25) is 0 Å². The van der Waals surface area contributed by atoms with Crippen molar-refractivity contribution >= 4 is 0 Å². The zero-order valence-corrected chi connectivity index (χ0v) is 28.0. The molecule has 0 unspecified atom stereocenters. The maximum absolute atomic E-state index is 8.11. The van der Waals surface area contributed by atoms with Crippen molar-refractivity contribution in [2.24, 2.45) is 0 Å². The van der Waals surface area contributed by atoms with Gasteiger partial charge in [0.25, 0.3) is 0 Å². The van der Waals surface area contributed by atoms with Crippen molar-refractivity contribution in [3.63, 3.8) is 0 Å². The zero-order chi connectivity index (χ0) is 30.2. The summed E-state index contributed by atoms with van der Waals surface area (Å²) in [6, 6.07) is 0. The van der Waals surface area contributed by atoms with E-state index in [-0.39, 0.29) is 0 Å². The molecule has 0 amide bonds. The molecule has 0 bridgehead atoms. The SMILES string of the molecule is C1CCCCCCCCC1.C1CCCCCCCCC1.C1CCCCCCCCC1.CCCC(O)O.CO.CO. The van der Waals surface area contributed by atoms with E-state index in [2.05, 4.69) is 0 Å². The van der Waals surface area contributed by atoms with Crippen LogP contribution in [0.1, 0.15) is 212 Å². The molecule has 4 nitrogen and oxygen atoms in total.